The molecule has 8 heteroatoms. The van der Waals surface area contributed by atoms with Gasteiger partial charge >= 0.3 is 5.97 Å². The molecule has 148 valence electrons. The fourth-order valence-electron chi connectivity index (χ4n) is 2.22. The van der Waals surface area contributed by atoms with Crippen LogP contribution in [0.2, 0.25) is 0 Å². The van der Waals surface area contributed by atoms with E-state index in [1.807, 2.05) is 0 Å². The van der Waals surface area contributed by atoms with Crippen LogP contribution in [0.4, 0.5) is 5.69 Å². The van der Waals surface area contributed by atoms with E-state index in [9.17, 15) is 9.59 Å². The number of thiocarbonyl (C=S) groups is 1. The molecule has 2 rings (SSSR count). The molecule has 1 amide bonds. The van der Waals surface area contributed by atoms with E-state index in [4.69, 9.17) is 21.7 Å². The minimum Gasteiger partial charge on any atom is -0.492 e. The van der Waals surface area contributed by atoms with E-state index < -0.39 is 5.97 Å². The summed E-state index contributed by atoms with van der Waals surface area (Å²) in [5.41, 5.74) is 1.17. The summed E-state index contributed by atoms with van der Waals surface area (Å²) in [5.74, 6) is 0.173. The fraction of sp³-hybridized carbons (Fsp3) is 0.250. The number of rotatable bonds is 6. The van der Waals surface area contributed by atoms with Crippen molar-refractivity contribution in [2.24, 2.45) is 5.92 Å². The monoisotopic (exact) mass is 464 g/mol. The number of ether oxygens (including phenoxy) is 2. The number of esters is 1. The lowest BCUT2D eigenvalue weighted by Gasteiger charge is -2.13. The lowest BCUT2D eigenvalue weighted by atomic mass is 10.2. The second kappa shape index (κ2) is 10.2. The van der Waals surface area contributed by atoms with Crippen molar-refractivity contribution in [1.29, 1.82) is 0 Å². The summed E-state index contributed by atoms with van der Waals surface area (Å²) in [6, 6.07) is 11.8. The number of para-hydroxylation sites is 1. The number of carbonyl (C=O) groups excluding carboxylic acids is 2. The number of halogens is 1. The molecular formula is C20H21BrN2O4S. The van der Waals surface area contributed by atoms with Gasteiger partial charge in [-0.25, -0.2) is 4.79 Å². The third kappa shape index (κ3) is 6.03. The summed E-state index contributed by atoms with van der Waals surface area (Å²) in [4.78, 5) is 24.3. The van der Waals surface area contributed by atoms with Crippen molar-refractivity contribution < 1.29 is 19.1 Å². The maximum absolute atomic E-state index is 12.5. The fourth-order valence-corrected chi connectivity index (χ4v) is 2.92. The second-order valence-corrected chi connectivity index (χ2v) is 7.56. The van der Waals surface area contributed by atoms with E-state index in [-0.39, 0.29) is 11.0 Å². The highest BCUT2D eigenvalue weighted by Gasteiger charge is 2.14. The molecule has 0 aliphatic carbocycles. The molecule has 0 heterocycles. The number of nitrogens with one attached hydrogen (secondary N) is 2. The number of anilines is 1. The molecule has 28 heavy (non-hydrogen) atoms. The van der Waals surface area contributed by atoms with Crippen LogP contribution in [-0.2, 0) is 4.74 Å². The minimum atomic E-state index is -0.502. The van der Waals surface area contributed by atoms with Crippen molar-refractivity contribution >= 4 is 50.8 Å². The van der Waals surface area contributed by atoms with Gasteiger partial charge in [0.15, 0.2) is 5.11 Å². The number of hydrogen-bond donors (Lipinski definition) is 2. The Labute approximate surface area is 177 Å². The van der Waals surface area contributed by atoms with Gasteiger partial charge in [-0.1, -0.05) is 26.0 Å². The molecule has 0 saturated carbocycles. The molecule has 0 atom stereocenters. The summed E-state index contributed by atoms with van der Waals surface area (Å²) in [6.07, 6.45) is 0. The first-order chi connectivity index (χ1) is 13.3. The van der Waals surface area contributed by atoms with Crippen molar-refractivity contribution in [3.63, 3.8) is 0 Å². The summed E-state index contributed by atoms with van der Waals surface area (Å²) in [5, 5.41) is 5.51. The normalized spacial score (nSPS) is 10.3. The largest absolute Gasteiger partial charge is 0.492 e. The Morgan fingerprint density at radius 1 is 1.18 bits per heavy atom. The van der Waals surface area contributed by atoms with E-state index in [1.54, 1.807) is 42.5 Å². The maximum atomic E-state index is 12.5. The average molecular weight is 465 g/mol. The van der Waals surface area contributed by atoms with Gasteiger partial charge in [0.2, 0.25) is 0 Å². The molecular weight excluding hydrogens is 444 g/mol. The topological polar surface area (TPSA) is 76.7 Å². The number of amides is 1. The van der Waals surface area contributed by atoms with Gasteiger partial charge in [0.25, 0.3) is 5.91 Å². The lowest BCUT2D eigenvalue weighted by Crippen LogP contribution is -2.34. The number of methoxy groups -OCH3 is 1. The van der Waals surface area contributed by atoms with E-state index >= 15 is 0 Å². The van der Waals surface area contributed by atoms with Crippen LogP contribution in [0.15, 0.2) is 46.9 Å². The molecule has 2 aromatic rings. The Morgan fingerprint density at radius 3 is 2.54 bits per heavy atom. The standard InChI is InChI=1S/C20H21BrN2O4S/c1-12(2)11-27-17-9-8-13(10-15(17)21)18(24)23-20(28)22-16-7-5-4-6-14(16)19(25)26-3/h4-10,12H,11H2,1-3H3,(H2,22,23,24,28). The number of benzene rings is 2. The summed E-state index contributed by atoms with van der Waals surface area (Å²) in [6.45, 7) is 4.70. The third-order valence-corrected chi connectivity index (χ3v) is 4.40. The first kappa shape index (κ1) is 21.8. The molecule has 0 fully saturated rings. The molecule has 0 aliphatic rings. The zero-order valence-corrected chi connectivity index (χ0v) is 18.1. The molecule has 2 N–H and O–H groups in total. The van der Waals surface area contributed by atoms with Gasteiger partial charge in [-0.2, -0.15) is 0 Å². The molecule has 0 aliphatic heterocycles. The minimum absolute atomic E-state index is 0.0672. The smallest absolute Gasteiger partial charge is 0.339 e. The molecule has 0 unspecified atom stereocenters. The highest BCUT2D eigenvalue weighted by molar-refractivity contribution is 9.10. The van der Waals surface area contributed by atoms with Crippen LogP contribution in [0.3, 0.4) is 0 Å². The number of hydrogen-bond acceptors (Lipinski definition) is 5. The van der Waals surface area contributed by atoms with Gasteiger partial charge in [0.05, 0.1) is 29.4 Å². The lowest BCUT2D eigenvalue weighted by molar-refractivity contribution is 0.0602. The Bertz CT molecular complexity index is 886. The summed E-state index contributed by atoms with van der Waals surface area (Å²) >= 11 is 8.61. The Balaban J connectivity index is 2.04. The maximum Gasteiger partial charge on any atom is 0.339 e. The van der Waals surface area contributed by atoms with Gasteiger partial charge < -0.3 is 14.8 Å². The van der Waals surface area contributed by atoms with Crippen LogP contribution in [0.5, 0.6) is 5.75 Å². The van der Waals surface area contributed by atoms with Crippen LogP contribution < -0.4 is 15.4 Å². The molecule has 0 aromatic heterocycles. The molecule has 6 nitrogen and oxygen atoms in total. The summed E-state index contributed by atoms with van der Waals surface area (Å²) < 4.78 is 11.1. The zero-order chi connectivity index (χ0) is 20.7. The Kier molecular flexibility index (Phi) is 7.95. The van der Waals surface area contributed by atoms with Crippen molar-refractivity contribution in [2.45, 2.75) is 13.8 Å². The van der Waals surface area contributed by atoms with E-state index in [0.717, 1.165) is 0 Å². The van der Waals surface area contributed by atoms with Gasteiger partial charge in [-0.15, -0.1) is 0 Å². The first-order valence-electron chi connectivity index (χ1n) is 8.53. The van der Waals surface area contributed by atoms with Crippen molar-refractivity contribution in [3.8, 4) is 5.75 Å². The quantitative estimate of drug-likeness (QED) is 0.487. The Morgan fingerprint density at radius 2 is 1.89 bits per heavy atom. The second-order valence-electron chi connectivity index (χ2n) is 6.30. The molecule has 2 aromatic carbocycles. The van der Waals surface area contributed by atoms with Crippen molar-refractivity contribution in [1.82, 2.24) is 5.32 Å². The highest BCUT2D eigenvalue weighted by Crippen LogP contribution is 2.26. The van der Waals surface area contributed by atoms with Gasteiger partial charge in [-0.05, 0) is 64.4 Å². The predicted octanol–water partition coefficient (Wildman–Crippen LogP) is 4.40. The zero-order valence-electron chi connectivity index (χ0n) is 15.7. The van der Waals surface area contributed by atoms with Gasteiger partial charge in [0.1, 0.15) is 5.75 Å². The van der Waals surface area contributed by atoms with Crippen LogP contribution in [0.25, 0.3) is 0 Å². The van der Waals surface area contributed by atoms with E-state index in [1.165, 1.54) is 7.11 Å². The SMILES string of the molecule is COC(=O)c1ccccc1NC(=S)NC(=O)c1ccc(OCC(C)C)c(Br)c1. The van der Waals surface area contributed by atoms with E-state index in [2.05, 4.69) is 40.4 Å². The predicted molar refractivity (Wildman–Crippen MR) is 116 cm³/mol. The first-order valence-corrected chi connectivity index (χ1v) is 9.74. The van der Waals surface area contributed by atoms with Crippen LogP contribution in [0, 0.1) is 5.92 Å². The third-order valence-electron chi connectivity index (χ3n) is 3.57. The van der Waals surface area contributed by atoms with Crippen molar-refractivity contribution in [2.75, 3.05) is 19.0 Å². The van der Waals surface area contributed by atoms with Crippen LogP contribution >= 0.6 is 28.1 Å². The average Bonchev–Trinajstić information content (AvgIpc) is 2.66. The van der Waals surface area contributed by atoms with Crippen LogP contribution in [0.1, 0.15) is 34.6 Å². The van der Waals surface area contributed by atoms with Crippen molar-refractivity contribution in [3.05, 3.63) is 58.1 Å². The molecule has 0 bridgehead atoms. The number of carbonyl (C=O) groups is 2. The van der Waals surface area contributed by atoms with E-state index in [0.29, 0.717) is 39.6 Å². The Hall–Kier alpha value is -2.45. The van der Waals surface area contributed by atoms with Gasteiger partial charge in [0, 0.05) is 5.56 Å². The molecule has 0 saturated heterocycles. The highest BCUT2D eigenvalue weighted by atomic mass is 79.9. The molecule has 0 radical (unpaired) electrons. The van der Waals surface area contributed by atoms with Crippen LogP contribution in [-0.4, -0.2) is 30.7 Å². The van der Waals surface area contributed by atoms with Gasteiger partial charge in [-0.3, -0.25) is 10.1 Å². The molecule has 0 spiro atoms. The summed E-state index contributed by atoms with van der Waals surface area (Å²) in [7, 11) is 1.30.